The van der Waals surface area contributed by atoms with E-state index in [9.17, 15) is 20.1 Å². The Bertz CT molecular complexity index is 865. The highest BCUT2D eigenvalue weighted by molar-refractivity contribution is 5.86. The first-order chi connectivity index (χ1) is 14.6. The summed E-state index contributed by atoms with van der Waals surface area (Å²) in [4.78, 5) is 11.5. The topological polar surface area (TPSA) is 77.8 Å². The average molecular weight is 427 g/mol. The van der Waals surface area contributed by atoms with E-state index in [4.69, 9.17) is 0 Å². The Morgan fingerprint density at radius 1 is 0.839 bits per heavy atom. The number of hydrogen-bond acceptors (Lipinski definition) is 3. The number of carboxylic acids is 1. The number of rotatable bonds is 12. The predicted octanol–water partition coefficient (Wildman–Crippen LogP) is 7.16. The molecule has 0 heterocycles. The van der Waals surface area contributed by atoms with Crippen molar-refractivity contribution >= 4 is 5.97 Å². The molecule has 0 aliphatic heterocycles. The fraction of sp³-hybridized carbons (Fsp3) is 0.444. The molecule has 4 nitrogen and oxygen atoms in total. The average Bonchev–Trinajstić information content (AvgIpc) is 2.67. The molecule has 1 aromatic carbocycles. The summed E-state index contributed by atoms with van der Waals surface area (Å²) in [5.74, 6) is -0.497. The molecule has 3 N–H and O–H groups in total. The van der Waals surface area contributed by atoms with Crippen LogP contribution >= 0.6 is 0 Å². The Morgan fingerprint density at radius 2 is 1.42 bits per heavy atom. The Hall–Kier alpha value is -2.75. The normalized spacial score (nSPS) is 12.7. The van der Waals surface area contributed by atoms with Crippen LogP contribution in [-0.2, 0) is 11.2 Å². The maximum Gasteiger partial charge on any atom is 0.331 e. The van der Waals surface area contributed by atoms with Crippen molar-refractivity contribution in [3.8, 4) is 11.5 Å². The van der Waals surface area contributed by atoms with Gasteiger partial charge in [0.25, 0.3) is 0 Å². The van der Waals surface area contributed by atoms with Crippen LogP contribution in [0.4, 0.5) is 0 Å². The SMILES string of the molecule is CC(C)=CCC/C(C)=C/CC/C(=C/CC/C(C)=C/Cc1cc(O)cc(C)c1O)C(=O)O. The second kappa shape index (κ2) is 13.5. The van der Waals surface area contributed by atoms with E-state index in [1.165, 1.54) is 17.2 Å². The molecule has 0 radical (unpaired) electrons. The van der Waals surface area contributed by atoms with Crippen molar-refractivity contribution in [2.75, 3.05) is 0 Å². The van der Waals surface area contributed by atoms with Gasteiger partial charge in [-0.1, -0.05) is 41.0 Å². The van der Waals surface area contributed by atoms with E-state index in [0.717, 1.165) is 31.3 Å². The number of allylic oxidation sites excluding steroid dienone is 7. The first-order valence-electron chi connectivity index (χ1n) is 11.0. The standard InChI is InChI=1S/C27H38O4/c1-19(2)9-6-10-20(3)11-7-13-23(27(30)31)14-8-12-21(4)15-16-24-18-25(28)17-22(5)26(24)29/h9,11,14-15,17-18,28-29H,6-8,10,12-13,16H2,1-5H3,(H,30,31)/b20-11+,21-15+,23-14-. The van der Waals surface area contributed by atoms with Gasteiger partial charge in [-0.3, -0.25) is 0 Å². The lowest BCUT2D eigenvalue weighted by molar-refractivity contribution is -0.132. The molecule has 4 heteroatoms. The second-order valence-corrected chi connectivity index (χ2v) is 8.51. The van der Waals surface area contributed by atoms with Gasteiger partial charge in [0, 0.05) is 11.1 Å². The molecule has 31 heavy (non-hydrogen) atoms. The summed E-state index contributed by atoms with van der Waals surface area (Å²) in [6.45, 7) is 10.0. The van der Waals surface area contributed by atoms with Gasteiger partial charge in [-0.2, -0.15) is 0 Å². The zero-order chi connectivity index (χ0) is 23.4. The monoisotopic (exact) mass is 426 g/mol. The molecule has 0 spiro atoms. The van der Waals surface area contributed by atoms with Crippen molar-refractivity contribution in [3.05, 3.63) is 69.9 Å². The third-order valence-corrected chi connectivity index (χ3v) is 5.24. The van der Waals surface area contributed by atoms with Gasteiger partial charge in [-0.25, -0.2) is 4.79 Å². The Morgan fingerprint density at radius 3 is 2.03 bits per heavy atom. The fourth-order valence-corrected chi connectivity index (χ4v) is 3.31. The minimum absolute atomic E-state index is 0.145. The number of carbonyl (C=O) groups is 1. The first-order valence-corrected chi connectivity index (χ1v) is 11.0. The third kappa shape index (κ3) is 10.7. The summed E-state index contributed by atoms with van der Waals surface area (Å²) in [5, 5.41) is 29.3. The maximum absolute atomic E-state index is 11.5. The smallest absolute Gasteiger partial charge is 0.331 e. The minimum atomic E-state index is -0.850. The second-order valence-electron chi connectivity index (χ2n) is 8.51. The summed E-state index contributed by atoms with van der Waals surface area (Å²) in [6, 6.07) is 3.11. The van der Waals surface area contributed by atoms with Crippen LogP contribution in [0.25, 0.3) is 0 Å². The van der Waals surface area contributed by atoms with Crippen LogP contribution in [0.3, 0.4) is 0 Å². The van der Waals surface area contributed by atoms with Gasteiger partial charge in [-0.05, 0) is 97.3 Å². The number of aryl methyl sites for hydroxylation is 1. The van der Waals surface area contributed by atoms with Crippen molar-refractivity contribution in [2.45, 2.75) is 79.6 Å². The molecule has 0 unspecified atom stereocenters. The van der Waals surface area contributed by atoms with Crippen LogP contribution < -0.4 is 0 Å². The molecule has 0 saturated carbocycles. The predicted molar refractivity (Wildman–Crippen MR) is 129 cm³/mol. The molecule has 0 bridgehead atoms. The Kier molecular flexibility index (Phi) is 11.5. The molecule has 1 rings (SSSR count). The molecule has 1 aromatic rings. The summed E-state index contributed by atoms with van der Waals surface area (Å²) in [7, 11) is 0. The van der Waals surface area contributed by atoms with E-state index in [0.29, 0.717) is 36.0 Å². The fourth-order valence-electron chi connectivity index (χ4n) is 3.31. The third-order valence-electron chi connectivity index (χ3n) is 5.24. The van der Waals surface area contributed by atoms with Crippen LogP contribution in [0, 0.1) is 6.92 Å². The molecule has 0 fully saturated rings. The van der Waals surface area contributed by atoms with E-state index in [1.807, 2.05) is 19.1 Å². The largest absolute Gasteiger partial charge is 0.508 e. The number of benzene rings is 1. The summed E-state index contributed by atoms with van der Waals surface area (Å²) in [5.41, 5.74) is 5.54. The van der Waals surface area contributed by atoms with Crippen molar-refractivity contribution in [1.82, 2.24) is 0 Å². The molecule has 0 amide bonds. The van der Waals surface area contributed by atoms with Crippen LogP contribution in [0.5, 0.6) is 11.5 Å². The van der Waals surface area contributed by atoms with Crippen LogP contribution in [0.15, 0.2) is 58.7 Å². The number of phenols is 2. The molecule has 0 saturated heterocycles. The lowest BCUT2D eigenvalue weighted by Gasteiger charge is -2.07. The van der Waals surface area contributed by atoms with E-state index >= 15 is 0 Å². The quantitative estimate of drug-likeness (QED) is 0.188. The lowest BCUT2D eigenvalue weighted by Crippen LogP contribution is -2.00. The van der Waals surface area contributed by atoms with Gasteiger partial charge in [0.1, 0.15) is 11.5 Å². The highest BCUT2D eigenvalue weighted by Gasteiger charge is 2.07. The van der Waals surface area contributed by atoms with Gasteiger partial charge in [0.15, 0.2) is 0 Å². The minimum Gasteiger partial charge on any atom is -0.508 e. The maximum atomic E-state index is 11.5. The highest BCUT2D eigenvalue weighted by Crippen LogP contribution is 2.28. The van der Waals surface area contributed by atoms with Crippen LogP contribution in [-0.4, -0.2) is 21.3 Å². The molecule has 0 aliphatic carbocycles. The summed E-state index contributed by atoms with van der Waals surface area (Å²) < 4.78 is 0. The van der Waals surface area contributed by atoms with E-state index in [-0.39, 0.29) is 11.5 Å². The molecular formula is C27H38O4. The number of aliphatic carboxylic acids is 1. The van der Waals surface area contributed by atoms with Crippen molar-refractivity contribution in [2.24, 2.45) is 0 Å². The molecule has 170 valence electrons. The summed E-state index contributed by atoms with van der Waals surface area (Å²) >= 11 is 0. The van der Waals surface area contributed by atoms with E-state index in [1.54, 1.807) is 13.0 Å². The number of hydrogen-bond donors (Lipinski definition) is 3. The van der Waals surface area contributed by atoms with Gasteiger partial charge in [0.2, 0.25) is 0 Å². The molecule has 0 atom stereocenters. The highest BCUT2D eigenvalue weighted by atomic mass is 16.4. The van der Waals surface area contributed by atoms with Gasteiger partial charge in [0.05, 0.1) is 0 Å². The number of aromatic hydroxyl groups is 2. The Labute approximate surface area is 187 Å². The van der Waals surface area contributed by atoms with Gasteiger partial charge >= 0.3 is 5.97 Å². The zero-order valence-corrected chi connectivity index (χ0v) is 19.7. The molecule has 0 aliphatic rings. The molecule has 0 aromatic heterocycles. The van der Waals surface area contributed by atoms with E-state index < -0.39 is 5.97 Å². The van der Waals surface area contributed by atoms with Crippen molar-refractivity contribution in [3.63, 3.8) is 0 Å². The van der Waals surface area contributed by atoms with Gasteiger partial charge < -0.3 is 15.3 Å². The van der Waals surface area contributed by atoms with Crippen LogP contribution in [0.1, 0.15) is 77.3 Å². The van der Waals surface area contributed by atoms with Crippen molar-refractivity contribution in [1.29, 1.82) is 0 Å². The van der Waals surface area contributed by atoms with Gasteiger partial charge in [-0.15, -0.1) is 0 Å². The van der Waals surface area contributed by atoms with Crippen molar-refractivity contribution < 1.29 is 20.1 Å². The first kappa shape index (κ1) is 26.3. The number of phenolic OH excluding ortho intramolecular Hbond substituents is 2. The van der Waals surface area contributed by atoms with E-state index in [2.05, 4.69) is 32.9 Å². The number of carboxylic acid groups (broad SMARTS) is 1. The zero-order valence-electron chi connectivity index (χ0n) is 19.7. The van der Waals surface area contributed by atoms with Crippen LogP contribution in [0.2, 0.25) is 0 Å². The lowest BCUT2D eigenvalue weighted by atomic mass is 10.0. The Balaban J connectivity index is 2.57. The molecular weight excluding hydrogens is 388 g/mol. The summed E-state index contributed by atoms with van der Waals surface area (Å²) in [6.07, 6.45) is 13.5.